The quantitative estimate of drug-likeness (QED) is 0.471. The number of carbonyl (C=O) groups excluding carboxylic acids is 2. The van der Waals surface area contributed by atoms with Gasteiger partial charge in [-0.25, -0.2) is 4.98 Å². The summed E-state index contributed by atoms with van der Waals surface area (Å²) >= 11 is 0. The molecule has 5 rings (SSSR count). The number of fused-ring (bicyclic) bond motifs is 1. The van der Waals surface area contributed by atoms with Crippen LogP contribution in [0.2, 0.25) is 0 Å². The lowest BCUT2D eigenvalue weighted by Crippen LogP contribution is -2.47. The molecule has 1 aliphatic rings. The van der Waals surface area contributed by atoms with Crippen molar-refractivity contribution in [3.63, 3.8) is 0 Å². The molecule has 1 aliphatic heterocycles. The zero-order chi connectivity index (χ0) is 22.8. The molecule has 0 bridgehead atoms. The van der Waals surface area contributed by atoms with E-state index in [0.29, 0.717) is 18.1 Å². The number of imidazole rings is 1. The average Bonchev–Trinajstić information content (AvgIpc) is 3.26. The lowest BCUT2D eigenvalue weighted by atomic mass is 9.83. The van der Waals surface area contributed by atoms with Gasteiger partial charge in [0.15, 0.2) is 0 Å². The van der Waals surface area contributed by atoms with Crippen LogP contribution in [0.25, 0.3) is 11.0 Å². The molecule has 1 saturated heterocycles. The number of nitrogens with zero attached hydrogens (tertiary/aromatic N) is 2. The number of carbonyl (C=O) groups is 2. The van der Waals surface area contributed by atoms with Crippen LogP contribution in [0.5, 0.6) is 5.75 Å². The smallest absolute Gasteiger partial charge is 0.232 e. The first kappa shape index (κ1) is 20.8. The number of benzene rings is 3. The standard InChI is InChI=1S/C26H24N4O3/c1-33-19-13-11-18(12-14-19)30-23(31)16-15-20(24(30)17-7-3-2-4-8-17)25(32)29-26-27-21-9-5-6-10-22(21)28-26/h2-14,20,24H,15-16H2,1H3,(H2,27,28,29,32)/t20-,24-/m1/s1. The molecule has 2 N–H and O–H groups in total. The van der Waals surface area contributed by atoms with Gasteiger partial charge < -0.3 is 14.6 Å². The Morgan fingerprint density at radius 3 is 2.48 bits per heavy atom. The number of para-hydroxylation sites is 2. The van der Waals surface area contributed by atoms with Crippen LogP contribution in [-0.2, 0) is 9.59 Å². The molecule has 7 nitrogen and oxygen atoms in total. The highest BCUT2D eigenvalue weighted by molar-refractivity contribution is 6.00. The number of methoxy groups -OCH3 is 1. The number of aromatic amines is 1. The molecular weight excluding hydrogens is 416 g/mol. The SMILES string of the molecule is COc1ccc(N2C(=O)CC[C@@H](C(=O)Nc3nc4ccccc4[nH]3)[C@H]2c2ccccc2)cc1. The number of piperidine rings is 1. The minimum absolute atomic E-state index is 0.0122. The van der Waals surface area contributed by atoms with Crippen molar-refractivity contribution in [1.82, 2.24) is 9.97 Å². The predicted octanol–water partition coefficient (Wildman–Crippen LogP) is 4.69. The van der Waals surface area contributed by atoms with Crippen LogP contribution in [0.4, 0.5) is 11.6 Å². The number of amides is 2. The Hall–Kier alpha value is -4.13. The second-order valence-electron chi connectivity index (χ2n) is 8.05. The highest BCUT2D eigenvalue weighted by Gasteiger charge is 2.41. The maximum atomic E-state index is 13.5. The maximum absolute atomic E-state index is 13.5. The fourth-order valence-electron chi connectivity index (χ4n) is 4.47. The minimum Gasteiger partial charge on any atom is -0.497 e. The lowest BCUT2D eigenvalue weighted by Gasteiger charge is -2.40. The van der Waals surface area contributed by atoms with Crippen molar-refractivity contribution in [1.29, 1.82) is 0 Å². The predicted molar refractivity (Wildman–Crippen MR) is 127 cm³/mol. The fourth-order valence-corrected chi connectivity index (χ4v) is 4.47. The van der Waals surface area contributed by atoms with E-state index < -0.39 is 12.0 Å². The van der Waals surface area contributed by atoms with Gasteiger partial charge in [-0.2, -0.15) is 0 Å². The van der Waals surface area contributed by atoms with Crippen molar-refractivity contribution >= 4 is 34.5 Å². The van der Waals surface area contributed by atoms with E-state index in [0.717, 1.165) is 22.3 Å². The summed E-state index contributed by atoms with van der Waals surface area (Å²) in [6, 6.07) is 24.2. The van der Waals surface area contributed by atoms with E-state index in [4.69, 9.17) is 4.74 Å². The molecule has 2 atom stereocenters. The Balaban J connectivity index is 1.50. The van der Waals surface area contributed by atoms with Gasteiger partial charge in [0.25, 0.3) is 0 Å². The molecule has 1 aromatic heterocycles. The number of aromatic nitrogens is 2. The summed E-state index contributed by atoms with van der Waals surface area (Å²) in [5.74, 6) is 0.482. The molecule has 2 heterocycles. The molecule has 1 fully saturated rings. The van der Waals surface area contributed by atoms with E-state index in [1.807, 2.05) is 78.9 Å². The summed E-state index contributed by atoms with van der Waals surface area (Å²) in [5.41, 5.74) is 3.28. The summed E-state index contributed by atoms with van der Waals surface area (Å²) in [5, 5.41) is 2.94. The average molecular weight is 441 g/mol. The van der Waals surface area contributed by atoms with Crippen LogP contribution in [0, 0.1) is 5.92 Å². The molecule has 0 spiro atoms. The van der Waals surface area contributed by atoms with Gasteiger partial charge in [0, 0.05) is 12.1 Å². The van der Waals surface area contributed by atoms with E-state index in [1.54, 1.807) is 12.0 Å². The molecule has 0 aliphatic carbocycles. The normalized spacial score (nSPS) is 18.3. The van der Waals surface area contributed by atoms with Gasteiger partial charge >= 0.3 is 0 Å². The largest absolute Gasteiger partial charge is 0.497 e. The van der Waals surface area contributed by atoms with Crippen molar-refractivity contribution in [3.05, 3.63) is 84.4 Å². The Labute approximate surface area is 191 Å². The molecule has 0 saturated carbocycles. The van der Waals surface area contributed by atoms with Crippen LogP contribution in [0.1, 0.15) is 24.4 Å². The van der Waals surface area contributed by atoms with Crippen LogP contribution in [-0.4, -0.2) is 28.9 Å². The third kappa shape index (κ3) is 4.05. The maximum Gasteiger partial charge on any atom is 0.232 e. The summed E-state index contributed by atoms with van der Waals surface area (Å²) in [6.45, 7) is 0. The Morgan fingerprint density at radius 1 is 1.03 bits per heavy atom. The van der Waals surface area contributed by atoms with E-state index >= 15 is 0 Å². The lowest BCUT2D eigenvalue weighted by molar-refractivity contribution is -0.126. The second-order valence-corrected chi connectivity index (χ2v) is 8.05. The molecule has 0 radical (unpaired) electrons. The van der Waals surface area contributed by atoms with E-state index in [9.17, 15) is 9.59 Å². The molecule has 0 unspecified atom stereocenters. The van der Waals surface area contributed by atoms with Crippen LogP contribution in [0.3, 0.4) is 0 Å². The Kier molecular flexibility index (Phi) is 5.52. The zero-order valence-electron chi connectivity index (χ0n) is 18.2. The number of hydrogen-bond acceptors (Lipinski definition) is 4. The van der Waals surface area contributed by atoms with Crippen molar-refractivity contribution in [2.45, 2.75) is 18.9 Å². The highest BCUT2D eigenvalue weighted by Crippen LogP contribution is 2.40. The van der Waals surface area contributed by atoms with E-state index in [-0.39, 0.29) is 18.2 Å². The monoisotopic (exact) mass is 440 g/mol. The van der Waals surface area contributed by atoms with Gasteiger partial charge in [-0.1, -0.05) is 42.5 Å². The minimum atomic E-state index is -0.444. The Bertz CT molecular complexity index is 1250. The summed E-state index contributed by atoms with van der Waals surface area (Å²) in [4.78, 5) is 36.0. The Morgan fingerprint density at radius 2 is 1.76 bits per heavy atom. The molecule has 3 aromatic carbocycles. The number of rotatable bonds is 5. The topological polar surface area (TPSA) is 87.3 Å². The summed E-state index contributed by atoms with van der Waals surface area (Å²) < 4.78 is 5.27. The van der Waals surface area contributed by atoms with Gasteiger partial charge in [0.05, 0.1) is 30.1 Å². The van der Waals surface area contributed by atoms with Gasteiger partial charge in [-0.15, -0.1) is 0 Å². The number of H-pyrrole nitrogens is 1. The molecule has 2 amide bonds. The fraction of sp³-hybridized carbons (Fsp3) is 0.192. The third-order valence-electron chi connectivity index (χ3n) is 6.06. The first-order valence-electron chi connectivity index (χ1n) is 10.9. The van der Waals surface area contributed by atoms with Gasteiger partial charge in [-0.05, 0) is 48.4 Å². The number of nitrogens with one attached hydrogen (secondary N) is 2. The van der Waals surface area contributed by atoms with Gasteiger partial charge in [0.1, 0.15) is 5.75 Å². The van der Waals surface area contributed by atoms with Gasteiger partial charge in [-0.3, -0.25) is 14.9 Å². The molecule has 166 valence electrons. The third-order valence-corrected chi connectivity index (χ3v) is 6.06. The van der Waals surface area contributed by atoms with Crippen molar-refractivity contribution in [2.75, 3.05) is 17.3 Å². The zero-order valence-corrected chi connectivity index (χ0v) is 18.2. The highest BCUT2D eigenvalue weighted by atomic mass is 16.5. The molecular formula is C26H24N4O3. The summed E-state index contributed by atoms with van der Waals surface area (Å²) in [7, 11) is 1.60. The molecule has 7 heteroatoms. The second kappa shape index (κ2) is 8.78. The number of anilines is 2. The van der Waals surface area contributed by atoms with Crippen molar-refractivity contribution < 1.29 is 14.3 Å². The first-order valence-corrected chi connectivity index (χ1v) is 10.9. The number of ether oxygens (including phenoxy) is 1. The van der Waals surface area contributed by atoms with Crippen LogP contribution >= 0.6 is 0 Å². The molecule has 33 heavy (non-hydrogen) atoms. The van der Waals surface area contributed by atoms with Crippen LogP contribution in [0.15, 0.2) is 78.9 Å². The number of hydrogen-bond donors (Lipinski definition) is 2. The van der Waals surface area contributed by atoms with E-state index in [1.165, 1.54) is 0 Å². The summed E-state index contributed by atoms with van der Waals surface area (Å²) in [6.07, 6.45) is 0.741. The first-order chi connectivity index (χ1) is 16.1. The van der Waals surface area contributed by atoms with E-state index in [2.05, 4.69) is 15.3 Å². The molecule has 4 aromatic rings. The van der Waals surface area contributed by atoms with Crippen molar-refractivity contribution in [2.24, 2.45) is 5.92 Å². The van der Waals surface area contributed by atoms with Crippen molar-refractivity contribution in [3.8, 4) is 5.75 Å². The van der Waals surface area contributed by atoms with Crippen LogP contribution < -0.4 is 15.0 Å². The van der Waals surface area contributed by atoms with Gasteiger partial charge in [0.2, 0.25) is 17.8 Å².